The van der Waals surface area contributed by atoms with E-state index in [2.05, 4.69) is 24.0 Å². The van der Waals surface area contributed by atoms with Crippen LogP contribution in [-0.2, 0) is 5.75 Å². The van der Waals surface area contributed by atoms with Crippen molar-refractivity contribution in [1.82, 2.24) is 10.1 Å². The van der Waals surface area contributed by atoms with Crippen LogP contribution in [0.3, 0.4) is 0 Å². The van der Waals surface area contributed by atoms with Gasteiger partial charge in [0.05, 0.1) is 11.8 Å². The quantitative estimate of drug-likeness (QED) is 0.832. The second kappa shape index (κ2) is 6.25. The molecule has 0 saturated heterocycles. The fraction of sp³-hybridized carbons (Fsp3) is 0.818. The lowest BCUT2D eigenvalue weighted by molar-refractivity contribution is 0.323. The molecule has 2 atom stereocenters. The van der Waals surface area contributed by atoms with Crippen LogP contribution in [-0.4, -0.2) is 15.4 Å². The lowest BCUT2D eigenvalue weighted by Crippen LogP contribution is -2.17. The molecule has 0 amide bonds. The van der Waals surface area contributed by atoms with E-state index in [1.165, 1.54) is 0 Å². The normalized spacial score (nSPS) is 15.4. The Hall–Kier alpha value is -0.550. The first-order valence-corrected chi connectivity index (χ1v) is 6.79. The van der Waals surface area contributed by atoms with Crippen molar-refractivity contribution >= 4 is 11.8 Å². The SMILES string of the molecule is CCC(C)SCc1noc([C@H](N)C(C)C)n1. The third-order valence-electron chi connectivity index (χ3n) is 2.56. The van der Waals surface area contributed by atoms with E-state index in [0.29, 0.717) is 17.1 Å². The molecule has 1 heterocycles. The lowest BCUT2D eigenvalue weighted by atomic mass is 10.1. The predicted octanol–water partition coefficient (Wildman–Crippen LogP) is 2.76. The van der Waals surface area contributed by atoms with E-state index in [-0.39, 0.29) is 6.04 Å². The van der Waals surface area contributed by atoms with Crippen LogP contribution in [0.25, 0.3) is 0 Å². The standard InChI is InChI=1S/C11H21N3OS/c1-5-8(4)16-6-9-13-11(15-14-9)10(12)7(2)3/h7-8,10H,5-6,12H2,1-4H3/t8?,10-/m1/s1. The van der Waals surface area contributed by atoms with Crippen molar-refractivity contribution in [2.75, 3.05) is 0 Å². The summed E-state index contributed by atoms with van der Waals surface area (Å²) in [5.41, 5.74) is 5.93. The van der Waals surface area contributed by atoms with Gasteiger partial charge in [0.2, 0.25) is 5.89 Å². The first-order chi connectivity index (χ1) is 7.54. The van der Waals surface area contributed by atoms with Crippen molar-refractivity contribution in [3.05, 3.63) is 11.7 Å². The number of thioether (sulfide) groups is 1. The fourth-order valence-electron chi connectivity index (χ4n) is 1.08. The van der Waals surface area contributed by atoms with Crippen molar-refractivity contribution in [1.29, 1.82) is 0 Å². The molecule has 0 radical (unpaired) electrons. The molecular weight excluding hydrogens is 222 g/mol. The highest BCUT2D eigenvalue weighted by atomic mass is 32.2. The number of nitrogens with two attached hydrogens (primary N) is 1. The zero-order valence-electron chi connectivity index (χ0n) is 10.4. The lowest BCUT2D eigenvalue weighted by Gasteiger charge is -2.09. The molecule has 0 aromatic carbocycles. The molecular formula is C11H21N3OS. The van der Waals surface area contributed by atoms with Gasteiger partial charge in [-0.2, -0.15) is 16.7 Å². The second-order valence-electron chi connectivity index (χ2n) is 4.35. The molecule has 0 saturated carbocycles. The second-order valence-corrected chi connectivity index (χ2v) is 5.78. The molecule has 0 aliphatic heterocycles. The van der Waals surface area contributed by atoms with E-state index in [0.717, 1.165) is 18.0 Å². The van der Waals surface area contributed by atoms with Gasteiger partial charge in [0.15, 0.2) is 5.82 Å². The van der Waals surface area contributed by atoms with E-state index in [4.69, 9.17) is 10.3 Å². The van der Waals surface area contributed by atoms with Crippen molar-refractivity contribution in [2.45, 2.75) is 51.2 Å². The summed E-state index contributed by atoms with van der Waals surface area (Å²) < 4.78 is 5.15. The molecule has 1 rings (SSSR count). The maximum absolute atomic E-state index is 5.93. The minimum Gasteiger partial charge on any atom is -0.338 e. The number of aromatic nitrogens is 2. The van der Waals surface area contributed by atoms with Gasteiger partial charge in [0.25, 0.3) is 0 Å². The average molecular weight is 243 g/mol. The van der Waals surface area contributed by atoms with Crippen LogP contribution in [0.2, 0.25) is 0 Å². The molecule has 1 unspecified atom stereocenters. The van der Waals surface area contributed by atoms with Crippen LogP contribution >= 0.6 is 11.8 Å². The van der Waals surface area contributed by atoms with Crippen molar-refractivity contribution in [3.8, 4) is 0 Å². The predicted molar refractivity (Wildman–Crippen MR) is 67.1 cm³/mol. The zero-order valence-corrected chi connectivity index (χ0v) is 11.3. The summed E-state index contributed by atoms with van der Waals surface area (Å²) in [6, 6.07) is -0.158. The third-order valence-corrected chi connectivity index (χ3v) is 3.89. The van der Waals surface area contributed by atoms with E-state index >= 15 is 0 Å². The Morgan fingerprint density at radius 3 is 2.62 bits per heavy atom. The Kier molecular flexibility index (Phi) is 5.28. The van der Waals surface area contributed by atoms with Gasteiger partial charge in [0, 0.05) is 5.25 Å². The average Bonchev–Trinajstić information content (AvgIpc) is 2.73. The Balaban J connectivity index is 2.51. The number of hydrogen-bond donors (Lipinski definition) is 1. The van der Waals surface area contributed by atoms with Crippen molar-refractivity contribution in [3.63, 3.8) is 0 Å². The van der Waals surface area contributed by atoms with E-state index < -0.39 is 0 Å². The van der Waals surface area contributed by atoms with Gasteiger partial charge < -0.3 is 10.3 Å². The molecule has 0 aliphatic rings. The summed E-state index contributed by atoms with van der Waals surface area (Å²) in [6.07, 6.45) is 1.15. The Bertz CT molecular complexity index is 314. The van der Waals surface area contributed by atoms with Crippen LogP contribution in [0, 0.1) is 5.92 Å². The largest absolute Gasteiger partial charge is 0.338 e. The molecule has 0 bridgehead atoms. The minimum absolute atomic E-state index is 0.158. The highest BCUT2D eigenvalue weighted by Gasteiger charge is 2.18. The van der Waals surface area contributed by atoms with Gasteiger partial charge in [-0.15, -0.1) is 0 Å². The Morgan fingerprint density at radius 1 is 1.38 bits per heavy atom. The Labute approximate surface area is 101 Å². The molecule has 5 heteroatoms. The highest BCUT2D eigenvalue weighted by Crippen LogP contribution is 2.21. The highest BCUT2D eigenvalue weighted by molar-refractivity contribution is 7.99. The molecule has 2 N–H and O–H groups in total. The van der Waals surface area contributed by atoms with Crippen LogP contribution in [0.15, 0.2) is 4.52 Å². The molecule has 0 fully saturated rings. The monoisotopic (exact) mass is 243 g/mol. The van der Waals surface area contributed by atoms with Crippen LogP contribution < -0.4 is 5.73 Å². The smallest absolute Gasteiger partial charge is 0.243 e. The summed E-state index contributed by atoms with van der Waals surface area (Å²) in [7, 11) is 0. The molecule has 0 aliphatic carbocycles. The molecule has 1 aromatic rings. The van der Waals surface area contributed by atoms with Gasteiger partial charge >= 0.3 is 0 Å². The van der Waals surface area contributed by atoms with E-state index in [9.17, 15) is 0 Å². The first kappa shape index (κ1) is 13.5. The topological polar surface area (TPSA) is 64.9 Å². The summed E-state index contributed by atoms with van der Waals surface area (Å²) in [4.78, 5) is 4.31. The molecule has 4 nitrogen and oxygen atoms in total. The van der Waals surface area contributed by atoms with Crippen LogP contribution in [0.5, 0.6) is 0 Å². The number of nitrogens with zero attached hydrogens (tertiary/aromatic N) is 2. The summed E-state index contributed by atoms with van der Waals surface area (Å²) in [5.74, 6) is 2.41. The molecule has 16 heavy (non-hydrogen) atoms. The maximum Gasteiger partial charge on any atom is 0.243 e. The number of hydrogen-bond acceptors (Lipinski definition) is 5. The summed E-state index contributed by atoms with van der Waals surface area (Å²) in [6.45, 7) is 8.46. The molecule has 92 valence electrons. The van der Waals surface area contributed by atoms with Crippen molar-refractivity contribution < 1.29 is 4.52 Å². The first-order valence-electron chi connectivity index (χ1n) is 5.74. The van der Waals surface area contributed by atoms with E-state index in [1.54, 1.807) is 0 Å². The molecule has 1 aromatic heterocycles. The van der Waals surface area contributed by atoms with Crippen molar-refractivity contribution in [2.24, 2.45) is 11.7 Å². The number of rotatable bonds is 6. The molecule has 0 spiro atoms. The van der Waals surface area contributed by atoms with E-state index in [1.807, 2.05) is 25.6 Å². The van der Waals surface area contributed by atoms with Gasteiger partial charge in [-0.05, 0) is 12.3 Å². The zero-order chi connectivity index (χ0) is 12.1. The van der Waals surface area contributed by atoms with Crippen LogP contribution in [0.4, 0.5) is 0 Å². The fourth-order valence-corrected chi connectivity index (χ4v) is 1.87. The van der Waals surface area contributed by atoms with Gasteiger partial charge in [-0.1, -0.05) is 32.9 Å². The summed E-state index contributed by atoms with van der Waals surface area (Å²) in [5, 5.41) is 4.56. The maximum atomic E-state index is 5.93. The van der Waals surface area contributed by atoms with Gasteiger partial charge in [-0.25, -0.2) is 0 Å². The minimum atomic E-state index is -0.158. The van der Waals surface area contributed by atoms with Gasteiger partial charge in [0.1, 0.15) is 0 Å². The van der Waals surface area contributed by atoms with Crippen LogP contribution in [0.1, 0.15) is 51.9 Å². The summed E-state index contributed by atoms with van der Waals surface area (Å²) >= 11 is 1.84. The Morgan fingerprint density at radius 2 is 2.06 bits per heavy atom. The third kappa shape index (κ3) is 3.79. The van der Waals surface area contributed by atoms with Gasteiger partial charge in [-0.3, -0.25) is 0 Å².